The van der Waals surface area contributed by atoms with E-state index in [1.165, 1.54) is 19.4 Å². The second kappa shape index (κ2) is 7.09. The predicted octanol–water partition coefficient (Wildman–Crippen LogP) is 4.54. The molecule has 0 saturated heterocycles. The summed E-state index contributed by atoms with van der Waals surface area (Å²) in [5, 5.41) is 0. The van der Waals surface area contributed by atoms with E-state index in [-0.39, 0.29) is 0 Å². The van der Waals surface area contributed by atoms with E-state index in [0.29, 0.717) is 0 Å². The van der Waals surface area contributed by atoms with Gasteiger partial charge in [-0.25, -0.2) is 0 Å². The van der Waals surface area contributed by atoms with Crippen LogP contribution in [0.15, 0.2) is 0 Å². The van der Waals surface area contributed by atoms with E-state index in [2.05, 4.69) is 41.9 Å². The standard InChI is InChI=1S/2C3H7.C2H5N.4CH3.2Sn/c2*1-3-2;1-2-3;;;;;;/h2*1,3H2,2H3;2H2,1H3;4*1H3;;. The fourth-order valence-corrected chi connectivity index (χ4v) is 56.9. The average Bonchev–Trinajstić information content (AvgIpc) is 2.02. The topological polar surface area (TPSA) is 3.24 Å². The van der Waals surface area contributed by atoms with Crippen LogP contribution in [0.2, 0.25) is 28.6 Å². The first-order valence-electron chi connectivity index (χ1n) is 6.59. The van der Waals surface area contributed by atoms with Crippen molar-refractivity contribution in [2.45, 2.75) is 62.2 Å². The quantitative estimate of drug-likeness (QED) is 0.540. The van der Waals surface area contributed by atoms with Crippen LogP contribution in [0, 0.1) is 0 Å². The van der Waals surface area contributed by atoms with Crippen molar-refractivity contribution in [2.75, 3.05) is 6.54 Å². The third kappa shape index (κ3) is 5.15. The summed E-state index contributed by atoms with van der Waals surface area (Å²) in [6.07, 6.45) is 2.79. The van der Waals surface area contributed by atoms with E-state index in [1.807, 2.05) is 0 Å². The number of hydrogen-bond donors (Lipinski definition) is 0. The molecule has 0 spiro atoms. The molecule has 0 radical (unpaired) electrons. The van der Waals surface area contributed by atoms with Crippen molar-refractivity contribution in [2.24, 2.45) is 0 Å². The van der Waals surface area contributed by atoms with Gasteiger partial charge in [-0.1, -0.05) is 0 Å². The molecular formula is C12H31NSn2. The molecule has 0 atom stereocenters. The molecule has 1 nitrogen and oxygen atoms in total. The fourth-order valence-electron chi connectivity index (χ4n) is 3.17. The van der Waals surface area contributed by atoms with Crippen LogP contribution in [0.4, 0.5) is 0 Å². The molecule has 0 unspecified atom stereocenters. The summed E-state index contributed by atoms with van der Waals surface area (Å²) in [6.45, 7) is 8.44. The summed E-state index contributed by atoms with van der Waals surface area (Å²) in [7, 11) is 0. The SMILES string of the molecule is CC[CH2][Sn]([CH3])([CH3])[N](CC)[Sn]([CH3])([CH3])[CH2]CC. The molecule has 0 aromatic rings. The third-order valence-corrected chi connectivity index (χ3v) is 46.7. The van der Waals surface area contributed by atoms with Gasteiger partial charge in [0, 0.05) is 0 Å². The Morgan fingerprint density at radius 2 is 1.07 bits per heavy atom. The van der Waals surface area contributed by atoms with E-state index in [1.54, 1.807) is 8.87 Å². The number of nitrogens with zero attached hydrogens (tertiary/aromatic N) is 1. The van der Waals surface area contributed by atoms with Gasteiger partial charge in [0.2, 0.25) is 0 Å². The van der Waals surface area contributed by atoms with E-state index < -0.39 is 37.3 Å². The van der Waals surface area contributed by atoms with Gasteiger partial charge in [-0.2, -0.15) is 0 Å². The van der Waals surface area contributed by atoms with Gasteiger partial charge in [-0.3, -0.25) is 0 Å². The number of hydrogen-bond acceptors (Lipinski definition) is 1. The maximum atomic E-state index is 3.09. The molecule has 15 heavy (non-hydrogen) atoms. The molecule has 0 bridgehead atoms. The molecule has 3 heteroatoms. The monoisotopic (exact) mass is 429 g/mol. The Morgan fingerprint density at radius 1 is 0.733 bits per heavy atom. The Labute approximate surface area is 106 Å². The maximum absolute atomic E-state index is 3.09. The second-order valence-electron chi connectivity index (χ2n) is 5.87. The summed E-state index contributed by atoms with van der Waals surface area (Å²) >= 11 is -3.70. The van der Waals surface area contributed by atoms with Crippen molar-refractivity contribution in [1.82, 2.24) is 1.34 Å². The van der Waals surface area contributed by atoms with Crippen LogP contribution >= 0.6 is 0 Å². The fraction of sp³-hybridized carbons (Fsp3) is 1.00. The van der Waals surface area contributed by atoms with E-state index >= 15 is 0 Å². The number of rotatable bonds is 7. The van der Waals surface area contributed by atoms with Crippen LogP contribution in [0.5, 0.6) is 0 Å². The Morgan fingerprint density at radius 3 is 1.27 bits per heavy atom. The molecule has 0 amide bonds. The van der Waals surface area contributed by atoms with Crippen LogP contribution in [-0.2, 0) is 0 Å². The Balaban J connectivity index is 4.72. The van der Waals surface area contributed by atoms with Crippen LogP contribution in [0.3, 0.4) is 0 Å². The average molecular weight is 427 g/mol. The van der Waals surface area contributed by atoms with Crippen molar-refractivity contribution >= 4 is 37.3 Å². The molecule has 0 aromatic heterocycles. The Bertz CT molecular complexity index is 160. The van der Waals surface area contributed by atoms with Crippen LogP contribution in [0.1, 0.15) is 33.6 Å². The molecule has 0 saturated carbocycles. The van der Waals surface area contributed by atoms with Crippen LogP contribution in [-0.4, -0.2) is 45.2 Å². The molecule has 0 heterocycles. The van der Waals surface area contributed by atoms with Gasteiger partial charge in [0.25, 0.3) is 0 Å². The van der Waals surface area contributed by atoms with Crippen molar-refractivity contribution in [1.29, 1.82) is 0 Å². The predicted molar refractivity (Wildman–Crippen MR) is 77.5 cm³/mol. The van der Waals surface area contributed by atoms with Gasteiger partial charge in [0.15, 0.2) is 0 Å². The zero-order valence-electron chi connectivity index (χ0n) is 12.0. The van der Waals surface area contributed by atoms with Crippen molar-refractivity contribution in [3.8, 4) is 0 Å². The molecule has 0 aliphatic heterocycles. The van der Waals surface area contributed by atoms with E-state index in [0.717, 1.165) is 0 Å². The van der Waals surface area contributed by atoms with E-state index in [9.17, 15) is 0 Å². The Kier molecular flexibility index (Phi) is 7.83. The minimum atomic E-state index is -1.85. The first-order valence-corrected chi connectivity index (χ1v) is 24.6. The first kappa shape index (κ1) is 16.6. The first-order chi connectivity index (χ1) is 6.81. The Hall–Kier alpha value is 1.56. The molecule has 0 aliphatic rings. The van der Waals surface area contributed by atoms with Gasteiger partial charge in [0.05, 0.1) is 0 Å². The molecule has 0 rings (SSSR count). The third-order valence-electron chi connectivity index (χ3n) is 3.50. The van der Waals surface area contributed by atoms with Gasteiger partial charge in [-0.05, 0) is 0 Å². The van der Waals surface area contributed by atoms with Gasteiger partial charge in [-0.15, -0.1) is 0 Å². The molecule has 0 aliphatic carbocycles. The molecule has 0 aromatic carbocycles. The summed E-state index contributed by atoms with van der Waals surface area (Å²) in [5.41, 5.74) is 0. The van der Waals surface area contributed by atoms with Gasteiger partial charge in [0.1, 0.15) is 0 Å². The zero-order valence-corrected chi connectivity index (χ0v) is 17.7. The van der Waals surface area contributed by atoms with Gasteiger partial charge < -0.3 is 0 Å². The molecule has 0 fully saturated rings. The summed E-state index contributed by atoms with van der Waals surface area (Å²) < 4.78 is 6.19. The van der Waals surface area contributed by atoms with Gasteiger partial charge >= 0.3 is 107 Å². The molecule has 92 valence electrons. The van der Waals surface area contributed by atoms with Crippen LogP contribution in [0.25, 0.3) is 0 Å². The molecular weight excluding hydrogens is 396 g/mol. The second-order valence-corrected chi connectivity index (χ2v) is 36.1. The van der Waals surface area contributed by atoms with Crippen LogP contribution < -0.4 is 0 Å². The van der Waals surface area contributed by atoms with Crippen molar-refractivity contribution < 1.29 is 0 Å². The summed E-state index contributed by atoms with van der Waals surface area (Å²) in [6, 6.07) is 0. The van der Waals surface area contributed by atoms with E-state index in [4.69, 9.17) is 0 Å². The minimum absolute atomic E-state index is 1.34. The van der Waals surface area contributed by atoms with Crippen molar-refractivity contribution in [3.05, 3.63) is 0 Å². The summed E-state index contributed by atoms with van der Waals surface area (Å²) in [5.74, 6) is 0. The van der Waals surface area contributed by atoms with Crippen molar-refractivity contribution in [3.63, 3.8) is 0 Å². The molecule has 0 N–H and O–H groups in total. The zero-order chi connectivity index (χ0) is 12.1. The normalized spacial score (nSPS) is 13.6. The summed E-state index contributed by atoms with van der Waals surface area (Å²) in [4.78, 5) is 10.6.